The summed E-state index contributed by atoms with van der Waals surface area (Å²) in [6.07, 6.45) is 9.50. The molecule has 142 valence electrons. The van der Waals surface area contributed by atoms with Crippen molar-refractivity contribution in [3.8, 4) is 17.4 Å². The minimum atomic E-state index is -0.171. The zero-order valence-electron chi connectivity index (χ0n) is 15.8. The highest BCUT2D eigenvalue weighted by Crippen LogP contribution is 2.28. The molecule has 0 aliphatic rings. The van der Waals surface area contributed by atoms with Crippen LogP contribution < -0.4 is 0 Å². The molecule has 0 spiro atoms. The SMILES string of the molecule is CCCCCCCCCN=C(CC)c1nc(-c2ccc(Cl)cc2)oc1O. The molecule has 0 saturated carbocycles. The van der Waals surface area contributed by atoms with Gasteiger partial charge in [-0.25, -0.2) is 4.98 Å². The molecule has 1 N–H and O–H groups in total. The zero-order chi connectivity index (χ0) is 18.8. The number of halogens is 1. The average Bonchev–Trinajstić information content (AvgIpc) is 3.03. The fourth-order valence-corrected chi connectivity index (χ4v) is 2.98. The molecule has 4 nitrogen and oxygen atoms in total. The second kappa shape index (κ2) is 11.0. The molecule has 0 radical (unpaired) electrons. The van der Waals surface area contributed by atoms with E-state index in [0.717, 1.165) is 24.2 Å². The minimum Gasteiger partial charge on any atom is -0.479 e. The van der Waals surface area contributed by atoms with E-state index in [0.29, 0.717) is 23.0 Å². The summed E-state index contributed by atoms with van der Waals surface area (Å²) in [4.78, 5) is 9.08. The Morgan fingerprint density at radius 1 is 1.04 bits per heavy atom. The van der Waals surface area contributed by atoms with Gasteiger partial charge in [0.15, 0.2) is 5.69 Å². The van der Waals surface area contributed by atoms with Crippen molar-refractivity contribution in [2.75, 3.05) is 6.54 Å². The third-order valence-electron chi connectivity index (χ3n) is 4.37. The van der Waals surface area contributed by atoms with Gasteiger partial charge >= 0.3 is 5.95 Å². The lowest BCUT2D eigenvalue weighted by molar-refractivity contribution is 0.336. The van der Waals surface area contributed by atoms with Crippen molar-refractivity contribution in [2.45, 2.75) is 65.2 Å². The van der Waals surface area contributed by atoms with E-state index in [2.05, 4.69) is 16.9 Å². The standard InChI is InChI=1S/C21H29ClN2O2/c1-3-5-6-7-8-9-10-15-23-18(4-2)19-21(25)26-20(24-19)16-11-13-17(22)14-12-16/h11-14,25H,3-10,15H2,1-2H3. The molecule has 0 bridgehead atoms. The maximum atomic E-state index is 10.1. The summed E-state index contributed by atoms with van der Waals surface area (Å²) in [6.45, 7) is 5.01. The van der Waals surface area contributed by atoms with E-state index in [1.165, 1.54) is 38.5 Å². The van der Waals surface area contributed by atoms with Gasteiger partial charge in [0.2, 0.25) is 5.89 Å². The Labute approximate surface area is 161 Å². The monoisotopic (exact) mass is 376 g/mol. The molecule has 0 aliphatic carbocycles. The molecule has 0 amide bonds. The van der Waals surface area contributed by atoms with Gasteiger partial charge in [-0.05, 0) is 37.1 Å². The van der Waals surface area contributed by atoms with E-state index in [1.54, 1.807) is 12.1 Å². The summed E-state index contributed by atoms with van der Waals surface area (Å²) in [5.41, 5.74) is 2.01. The summed E-state index contributed by atoms with van der Waals surface area (Å²) in [5.74, 6) is 0.210. The molecular weight excluding hydrogens is 348 g/mol. The van der Waals surface area contributed by atoms with Gasteiger partial charge < -0.3 is 9.52 Å². The predicted molar refractivity (Wildman–Crippen MR) is 108 cm³/mol. The summed E-state index contributed by atoms with van der Waals surface area (Å²) in [6, 6.07) is 7.18. The Balaban J connectivity index is 1.93. The van der Waals surface area contributed by atoms with Crippen molar-refractivity contribution in [1.82, 2.24) is 4.98 Å². The van der Waals surface area contributed by atoms with Crippen molar-refractivity contribution >= 4 is 17.3 Å². The number of hydrogen-bond donors (Lipinski definition) is 1. The molecule has 1 aromatic heterocycles. The summed E-state index contributed by atoms with van der Waals surface area (Å²) in [7, 11) is 0. The van der Waals surface area contributed by atoms with Gasteiger partial charge in [-0.1, -0.05) is 64.0 Å². The largest absolute Gasteiger partial charge is 0.479 e. The second-order valence-electron chi connectivity index (χ2n) is 6.48. The fraction of sp³-hybridized carbons (Fsp3) is 0.524. The van der Waals surface area contributed by atoms with Gasteiger partial charge in [0, 0.05) is 17.1 Å². The predicted octanol–water partition coefficient (Wildman–Crippen LogP) is 6.65. The van der Waals surface area contributed by atoms with Crippen LogP contribution in [0, 0.1) is 0 Å². The van der Waals surface area contributed by atoms with Crippen molar-refractivity contribution < 1.29 is 9.52 Å². The quantitative estimate of drug-likeness (QED) is 0.352. The first-order valence-electron chi connectivity index (χ1n) is 9.65. The molecule has 1 heterocycles. The smallest absolute Gasteiger partial charge is 0.312 e. The number of oxazole rings is 1. The van der Waals surface area contributed by atoms with Gasteiger partial charge in [0.25, 0.3) is 0 Å². The second-order valence-corrected chi connectivity index (χ2v) is 6.92. The molecule has 0 aliphatic heterocycles. The van der Waals surface area contributed by atoms with Crippen molar-refractivity contribution in [1.29, 1.82) is 0 Å². The summed E-state index contributed by atoms with van der Waals surface area (Å²) >= 11 is 5.91. The van der Waals surface area contributed by atoms with Gasteiger partial charge in [-0.3, -0.25) is 4.99 Å². The van der Waals surface area contributed by atoms with Crippen LogP contribution in [0.25, 0.3) is 11.5 Å². The van der Waals surface area contributed by atoms with E-state index in [4.69, 9.17) is 16.0 Å². The molecule has 0 saturated heterocycles. The average molecular weight is 377 g/mol. The van der Waals surface area contributed by atoms with Crippen LogP contribution in [0.1, 0.15) is 70.9 Å². The number of aromatic hydroxyl groups is 1. The maximum Gasteiger partial charge on any atom is 0.312 e. The summed E-state index contributed by atoms with van der Waals surface area (Å²) < 4.78 is 5.43. The molecule has 26 heavy (non-hydrogen) atoms. The summed E-state index contributed by atoms with van der Waals surface area (Å²) in [5, 5.41) is 10.8. The highest BCUT2D eigenvalue weighted by molar-refractivity contribution is 6.30. The van der Waals surface area contributed by atoms with E-state index in [-0.39, 0.29) is 5.95 Å². The molecule has 1 aromatic carbocycles. The molecule has 0 fully saturated rings. The Morgan fingerprint density at radius 3 is 2.35 bits per heavy atom. The number of nitrogens with zero attached hydrogens (tertiary/aromatic N) is 2. The first-order chi connectivity index (χ1) is 12.7. The Hall–Kier alpha value is -1.81. The van der Waals surface area contributed by atoms with Crippen molar-refractivity contribution in [3.63, 3.8) is 0 Å². The number of benzene rings is 1. The number of rotatable bonds is 11. The number of aromatic nitrogens is 1. The number of unbranched alkanes of at least 4 members (excludes halogenated alkanes) is 6. The first kappa shape index (κ1) is 20.5. The molecule has 2 rings (SSSR count). The van der Waals surface area contributed by atoms with E-state index < -0.39 is 0 Å². The van der Waals surface area contributed by atoms with Crippen LogP contribution in [-0.4, -0.2) is 22.3 Å². The molecule has 5 heteroatoms. The fourth-order valence-electron chi connectivity index (χ4n) is 2.85. The van der Waals surface area contributed by atoms with Crippen LogP contribution >= 0.6 is 11.6 Å². The number of aliphatic imine (C=N–C) groups is 1. The third kappa shape index (κ3) is 6.17. The molecule has 0 atom stereocenters. The molecule has 0 unspecified atom stereocenters. The van der Waals surface area contributed by atoms with Crippen LogP contribution in [0.5, 0.6) is 5.95 Å². The third-order valence-corrected chi connectivity index (χ3v) is 4.62. The minimum absolute atomic E-state index is 0.171. The van der Waals surface area contributed by atoms with Gasteiger partial charge in [0.05, 0.1) is 5.71 Å². The zero-order valence-corrected chi connectivity index (χ0v) is 16.6. The molecular formula is C21H29ClN2O2. The van der Waals surface area contributed by atoms with Gasteiger partial charge in [-0.15, -0.1) is 0 Å². The molecule has 2 aromatic rings. The lowest BCUT2D eigenvalue weighted by Crippen LogP contribution is -2.02. The van der Waals surface area contributed by atoms with Gasteiger partial charge in [0.1, 0.15) is 0 Å². The van der Waals surface area contributed by atoms with E-state index in [9.17, 15) is 5.11 Å². The normalized spacial score (nSPS) is 11.9. The van der Waals surface area contributed by atoms with Crippen molar-refractivity contribution in [3.05, 3.63) is 35.0 Å². The maximum absolute atomic E-state index is 10.1. The Kier molecular flexibility index (Phi) is 8.69. The topological polar surface area (TPSA) is 58.6 Å². The van der Waals surface area contributed by atoms with Crippen LogP contribution in [0.3, 0.4) is 0 Å². The lowest BCUT2D eigenvalue weighted by Gasteiger charge is -2.02. The van der Waals surface area contributed by atoms with E-state index in [1.807, 2.05) is 19.1 Å². The van der Waals surface area contributed by atoms with Crippen LogP contribution in [0.15, 0.2) is 33.7 Å². The van der Waals surface area contributed by atoms with Crippen LogP contribution in [0.4, 0.5) is 0 Å². The number of hydrogen-bond acceptors (Lipinski definition) is 4. The van der Waals surface area contributed by atoms with Crippen LogP contribution in [0.2, 0.25) is 5.02 Å². The lowest BCUT2D eigenvalue weighted by atomic mass is 10.1. The Bertz CT molecular complexity index is 693. The highest BCUT2D eigenvalue weighted by Gasteiger charge is 2.17. The highest BCUT2D eigenvalue weighted by atomic mass is 35.5. The first-order valence-corrected chi connectivity index (χ1v) is 10.0. The van der Waals surface area contributed by atoms with Gasteiger partial charge in [-0.2, -0.15) is 0 Å². The van der Waals surface area contributed by atoms with E-state index >= 15 is 0 Å². The van der Waals surface area contributed by atoms with Crippen LogP contribution in [-0.2, 0) is 0 Å². The Morgan fingerprint density at radius 2 is 1.69 bits per heavy atom. The van der Waals surface area contributed by atoms with Crippen molar-refractivity contribution in [2.24, 2.45) is 4.99 Å².